The van der Waals surface area contributed by atoms with Crippen LogP contribution in [0.2, 0.25) is 0 Å². The molecule has 1 fully saturated rings. The van der Waals surface area contributed by atoms with Crippen LogP contribution in [0.5, 0.6) is 0 Å². The maximum Gasteiger partial charge on any atom is 0.226 e. The average molecular weight is 246 g/mol. The number of nitrogens with zero attached hydrogens (tertiary/aromatic N) is 1. The number of carbonyl (C=O) groups excluding carboxylic acids is 1. The first kappa shape index (κ1) is 13.1. The number of rotatable bonds is 3. The molecule has 3 nitrogen and oxygen atoms in total. The van der Waals surface area contributed by atoms with Gasteiger partial charge in [-0.2, -0.15) is 0 Å². The van der Waals surface area contributed by atoms with E-state index < -0.39 is 0 Å². The standard InChI is InChI=1S/C15H22N2O/c1-3-15(18)17(13-7-5-4-6-8-13)14-9-10-16-11-12(14)2/h4-8,12,14,16H,3,9-11H2,1-2H3. The van der Waals surface area contributed by atoms with E-state index in [1.165, 1.54) is 0 Å². The molecule has 0 radical (unpaired) electrons. The summed E-state index contributed by atoms with van der Waals surface area (Å²) in [7, 11) is 0. The highest BCUT2D eigenvalue weighted by Crippen LogP contribution is 2.25. The second-order valence-corrected chi connectivity index (χ2v) is 4.99. The molecule has 2 rings (SSSR count). The van der Waals surface area contributed by atoms with Gasteiger partial charge in [0, 0.05) is 18.2 Å². The zero-order valence-corrected chi connectivity index (χ0v) is 11.2. The Morgan fingerprint density at radius 2 is 2.11 bits per heavy atom. The molecular weight excluding hydrogens is 224 g/mol. The fourth-order valence-electron chi connectivity index (χ4n) is 2.66. The van der Waals surface area contributed by atoms with Crippen molar-refractivity contribution in [3.63, 3.8) is 0 Å². The quantitative estimate of drug-likeness (QED) is 0.888. The van der Waals surface area contributed by atoms with E-state index in [1.54, 1.807) is 0 Å². The van der Waals surface area contributed by atoms with Crippen molar-refractivity contribution in [2.24, 2.45) is 5.92 Å². The van der Waals surface area contributed by atoms with Crippen LogP contribution in [0.15, 0.2) is 30.3 Å². The minimum atomic E-state index is 0.222. The molecule has 1 aromatic carbocycles. The van der Waals surface area contributed by atoms with E-state index in [0.29, 0.717) is 18.4 Å². The lowest BCUT2D eigenvalue weighted by molar-refractivity contribution is -0.119. The minimum Gasteiger partial charge on any atom is -0.316 e. The van der Waals surface area contributed by atoms with Gasteiger partial charge in [0.05, 0.1) is 0 Å². The first-order chi connectivity index (χ1) is 8.74. The van der Waals surface area contributed by atoms with Gasteiger partial charge in [0.15, 0.2) is 0 Å². The Bertz CT molecular complexity index is 391. The Morgan fingerprint density at radius 3 is 2.72 bits per heavy atom. The van der Waals surface area contributed by atoms with Crippen LogP contribution in [0.25, 0.3) is 0 Å². The van der Waals surface area contributed by atoms with Gasteiger partial charge >= 0.3 is 0 Å². The monoisotopic (exact) mass is 246 g/mol. The molecule has 1 aliphatic heterocycles. The van der Waals surface area contributed by atoms with Gasteiger partial charge < -0.3 is 10.2 Å². The fourth-order valence-corrected chi connectivity index (χ4v) is 2.66. The van der Waals surface area contributed by atoms with Gasteiger partial charge in [0.25, 0.3) is 0 Å². The highest BCUT2D eigenvalue weighted by atomic mass is 16.2. The molecule has 0 saturated carbocycles. The normalized spacial score (nSPS) is 23.7. The van der Waals surface area contributed by atoms with Gasteiger partial charge in [0.1, 0.15) is 0 Å². The molecule has 1 saturated heterocycles. The molecule has 2 atom stereocenters. The van der Waals surface area contributed by atoms with E-state index in [-0.39, 0.29) is 5.91 Å². The zero-order valence-electron chi connectivity index (χ0n) is 11.2. The molecule has 1 N–H and O–H groups in total. The van der Waals surface area contributed by atoms with Crippen molar-refractivity contribution in [2.75, 3.05) is 18.0 Å². The van der Waals surface area contributed by atoms with Crippen LogP contribution in [0.1, 0.15) is 26.7 Å². The van der Waals surface area contributed by atoms with E-state index in [4.69, 9.17) is 0 Å². The van der Waals surface area contributed by atoms with Gasteiger partial charge in [-0.1, -0.05) is 32.0 Å². The first-order valence-corrected chi connectivity index (χ1v) is 6.82. The third kappa shape index (κ3) is 2.72. The molecule has 0 spiro atoms. The Hall–Kier alpha value is -1.35. The van der Waals surface area contributed by atoms with Crippen LogP contribution in [-0.4, -0.2) is 25.0 Å². The minimum absolute atomic E-state index is 0.222. The number of nitrogens with one attached hydrogen (secondary N) is 1. The lowest BCUT2D eigenvalue weighted by Gasteiger charge is -2.39. The van der Waals surface area contributed by atoms with E-state index in [1.807, 2.05) is 42.2 Å². The molecule has 98 valence electrons. The number of para-hydroxylation sites is 1. The number of carbonyl (C=O) groups is 1. The van der Waals surface area contributed by atoms with E-state index in [0.717, 1.165) is 25.2 Å². The molecular formula is C15H22N2O. The van der Waals surface area contributed by atoms with Crippen molar-refractivity contribution in [1.82, 2.24) is 5.32 Å². The summed E-state index contributed by atoms with van der Waals surface area (Å²) in [6.45, 7) is 6.14. The molecule has 1 aromatic rings. The largest absolute Gasteiger partial charge is 0.316 e. The third-order valence-electron chi connectivity index (χ3n) is 3.68. The second kappa shape index (κ2) is 6.01. The molecule has 0 bridgehead atoms. The van der Waals surface area contributed by atoms with Crippen LogP contribution >= 0.6 is 0 Å². The number of anilines is 1. The zero-order chi connectivity index (χ0) is 13.0. The van der Waals surface area contributed by atoms with Crippen LogP contribution in [0.4, 0.5) is 5.69 Å². The molecule has 1 aliphatic rings. The van der Waals surface area contributed by atoms with E-state index >= 15 is 0 Å². The predicted octanol–water partition coefficient (Wildman–Crippen LogP) is 2.43. The van der Waals surface area contributed by atoms with Gasteiger partial charge in [-0.05, 0) is 37.6 Å². The molecule has 0 aliphatic carbocycles. The Kier molecular flexibility index (Phi) is 4.37. The number of benzene rings is 1. The molecule has 18 heavy (non-hydrogen) atoms. The Morgan fingerprint density at radius 1 is 1.39 bits per heavy atom. The van der Waals surface area contributed by atoms with E-state index in [9.17, 15) is 4.79 Å². The number of piperidine rings is 1. The summed E-state index contributed by atoms with van der Waals surface area (Å²) in [6.07, 6.45) is 1.59. The SMILES string of the molecule is CCC(=O)N(c1ccccc1)C1CCNCC1C. The summed E-state index contributed by atoms with van der Waals surface area (Å²) in [5.41, 5.74) is 1.03. The van der Waals surface area contributed by atoms with Crippen molar-refractivity contribution in [3.05, 3.63) is 30.3 Å². The van der Waals surface area contributed by atoms with Gasteiger partial charge in [0.2, 0.25) is 5.91 Å². The van der Waals surface area contributed by atoms with Crippen molar-refractivity contribution < 1.29 is 4.79 Å². The average Bonchev–Trinajstić information content (AvgIpc) is 2.42. The fraction of sp³-hybridized carbons (Fsp3) is 0.533. The van der Waals surface area contributed by atoms with Crippen LogP contribution in [-0.2, 0) is 4.79 Å². The first-order valence-electron chi connectivity index (χ1n) is 6.82. The van der Waals surface area contributed by atoms with Crippen molar-refractivity contribution in [1.29, 1.82) is 0 Å². The predicted molar refractivity (Wildman–Crippen MR) is 74.7 cm³/mol. The van der Waals surface area contributed by atoms with Gasteiger partial charge in [-0.15, -0.1) is 0 Å². The maximum atomic E-state index is 12.3. The molecule has 2 unspecified atom stereocenters. The molecule has 0 aromatic heterocycles. The second-order valence-electron chi connectivity index (χ2n) is 4.99. The third-order valence-corrected chi connectivity index (χ3v) is 3.68. The van der Waals surface area contributed by atoms with Crippen molar-refractivity contribution >= 4 is 11.6 Å². The van der Waals surface area contributed by atoms with Crippen LogP contribution < -0.4 is 10.2 Å². The van der Waals surface area contributed by atoms with Crippen LogP contribution in [0, 0.1) is 5.92 Å². The highest BCUT2D eigenvalue weighted by Gasteiger charge is 2.30. The summed E-state index contributed by atoms with van der Waals surface area (Å²) in [4.78, 5) is 14.3. The number of hydrogen-bond acceptors (Lipinski definition) is 2. The van der Waals surface area contributed by atoms with Crippen molar-refractivity contribution in [2.45, 2.75) is 32.7 Å². The topological polar surface area (TPSA) is 32.3 Å². The molecule has 1 heterocycles. The van der Waals surface area contributed by atoms with E-state index in [2.05, 4.69) is 12.2 Å². The summed E-state index contributed by atoms with van der Waals surface area (Å²) in [5.74, 6) is 0.717. The molecule has 3 heteroatoms. The lowest BCUT2D eigenvalue weighted by atomic mass is 9.93. The van der Waals surface area contributed by atoms with Gasteiger partial charge in [-0.3, -0.25) is 4.79 Å². The number of hydrogen-bond donors (Lipinski definition) is 1. The Balaban J connectivity index is 2.27. The summed E-state index contributed by atoms with van der Waals surface area (Å²) < 4.78 is 0. The lowest BCUT2D eigenvalue weighted by Crippen LogP contribution is -2.51. The number of amides is 1. The maximum absolute atomic E-state index is 12.3. The van der Waals surface area contributed by atoms with Crippen LogP contribution in [0.3, 0.4) is 0 Å². The Labute approximate surface area is 109 Å². The smallest absolute Gasteiger partial charge is 0.226 e. The summed E-state index contributed by atoms with van der Waals surface area (Å²) >= 11 is 0. The van der Waals surface area contributed by atoms with Crippen molar-refractivity contribution in [3.8, 4) is 0 Å². The molecule has 1 amide bonds. The highest BCUT2D eigenvalue weighted by molar-refractivity contribution is 5.93. The van der Waals surface area contributed by atoms with Gasteiger partial charge in [-0.25, -0.2) is 0 Å². The summed E-state index contributed by atoms with van der Waals surface area (Å²) in [6, 6.07) is 10.4. The summed E-state index contributed by atoms with van der Waals surface area (Å²) in [5, 5.41) is 3.39.